The van der Waals surface area contributed by atoms with Gasteiger partial charge >= 0.3 is 5.97 Å². The van der Waals surface area contributed by atoms with Gasteiger partial charge in [-0.05, 0) is 26.2 Å². The SMILES string of the molecule is CCOC(=O)[C@@]12C=CC(=O)N[C@]1(O)CCC2. The summed E-state index contributed by atoms with van der Waals surface area (Å²) in [5.41, 5.74) is -2.58. The Kier molecular flexibility index (Phi) is 2.50. The molecule has 0 spiro atoms. The Balaban J connectivity index is 2.39. The summed E-state index contributed by atoms with van der Waals surface area (Å²) in [4.78, 5) is 23.2. The molecule has 5 nitrogen and oxygen atoms in total. The molecule has 1 aliphatic carbocycles. The lowest BCUT2D eigenvalue weighted by Gasteiger charge is -2.40. The van der Waals surface area contributed by atoms with Crippen LogP contribution in [0.3, 0.4) is 0 Å². The van der Waals surface area contributed by atoms with Crippen LogP contribution in [0.1, 0.15) is 26.2 Å². The summed E-state index contributed by atoms with van der Waals surface area (Å²) in [5, 5.41) is 12.8. The third kappa shape index (κ3) is 1.35. The second-order valence-corrected chi connectivity index (χ2v) is 4.23. The minimum atomic E-state index is -1.48. The quantitative estimate of drug-likeness (QED) is 0.653. The molecule has 0 aromatic heterocycles. The van der Waals surface area contributed by atoms with Crippen LogP contribution in [-0.2, 0) is 14.3 Å². The van der Waals surface area contributed by atoms with Crippen LogP contribution in [0.4, 0.5) is 0 Å². The summed E-state index contributed by atoms with van der Waals surface area (Å²) in [6.07, 6.45) is 4.33. The topological polar surface area (TPSA) is 75.6 Å². The van der Waals surface area contributed by atoms with Crippen molar-refractivity contribution in [3.8, 4) is 0 Å². The number of carbonyl (C=O) groups excluding carboxylic acids is 2. The lowest BCUT2D eigenvalue weighted by Crippen LogP contribution is -2.61. The first-order valence-corrected chi connectivity index (χ1v) is 5.45. The van der Waals surface area contributed by atoms with E-state index in [1.165, 1.54) is 12.2 Å². The van der Waals surface area contributed by atoms with E-state index >= 15 is 0 Å². The van der Waals surface area contributed by atoms with Crippen LogP contribution in [0, 0.1) is 5.41 Å². The lowest BCUT2D eigenvalue weighted by molar-refractivity contribution is -0.170. The number of aliphatic hydroxyl groups is 1. The van der Waals surface area contributed by atoms with E-state index < -0.39 is 17.1 Å². The van der Waals surface area contributed by atoms with E-state index in [1.54, 1.807) is 6.92 Å². The average molecular weight is 225 g/mol. The number of amides is 1. The van der Waals surface area contributed by atoms with Gasteiger partial charge in [0.05, 0.1) is 6.61 Å². The number of nitrogens with one attached hydrogen (secondary N) is 1. The van der Waals surface area contributed by atoms with Gasteiger partial charge in [-0.15, -0.1) is 0 Å². The first kappa shape index (κ1) is 11.1. The highest BCUT2D eigenvalue weighted by molar-refractivity contribution is 5.94. The number of ether oxygens (including phenoxy) is 1. The van der Waals surface area contributed by atoms with Gasteiger partial charge in [-0.1, -0.05) is 6.08 Å². The number of esters is 1. The van der Waals surface area contributed by atoms with Gasteiger partial charge in [0.25, 0.3) is 0 Å². The van der Waals surface area contributed by atoms with E-state index in [1.807, 2.05) is 0 Å². The molecule has 1 heterocycles. The molecule has 0 bridgehead atoms. The highest BCUT2D eigenvalue weighted by Crippen LogP contribution is 2.48. The smallest absolute Gasteiger partial charge is 0.320 e. The van der Waals surface area contributed by atoms with Crippen molar-refractivity contribution in [3.05, 3.63) is 12.2 Å². The van der Waals surface area contributed by atoms with Crippen LogP contribution in [0.15, 0.2) is 12.2 Å². The minimum absolute atomic E-state index is 0.262. The third-order valence-electron chi connectivity index (χ3n) is 3.34. The third-order valence-corrected chi connectivity index (χ3v) is 3.34. The molecule has 5 heteroatoms. The predicted octanol–water partition coefficient (Wildman–Crippen LogP) is 0.0944. The molecule has 1 amide bonds. The number of rotatable bonds is 2. The van der Waals surface area contributed by atoms with Crippen molar-refractivity contribution < 1.29 is 19.4 Å². The molecule has 0 saturated heterocycles. The molecular formula is C11H15NO4. The molecule has 0 unspecified atom stereocenters. The molecule has 1 aliphatic heterocycles. The van der Waals surface area contributed by atoms with Crippen LogP contribution in [0.2, 0.25) is 0 Å². The Morgan fingerprint density at radius 2 is 2.38 bits per heavy atom. The second kappa shape index (κ2) is 3.59. The van der Waals surface area contributed by atoms with Crippen LogP contribution in [0.5, 0.6) is 0 Å². The number of carbonyl (C=O) groups is 2. The molecule has 0 aromatic rings. The van der Waals surface area contributed by atoms with E-state index in [2.05, 4.69) is 5.32 Å². The predicted molar refractivity (Wildman–Crippen MR) is 55.1 cm³/mol. The Hall–Kier alpha value is -1.36. The van der Waals surface area contributed by atoms with Crippen molar-refractivity contribution in [2.45, 2.75) is 31.9 Å². The summed E-state index contributed by atoms with van der Waals surface area (Å²) < 4.78 is 4.98. The number of fused-ring (bicyclic) bond motifs is 1. The molecule has 2 N–H and O–H groups in total. The Morgan fingerprint density at radius 3 is 3.06 bits per heavy atom. The fourth-order valence-corrected chi connectivity index (χ4v) is 2.51. The fraction of sp³-hybridized carbons (Fsp3) is 0.636. The summed E-state index contributed by atoms with van der Waals surface area (Å²) in [5.74, 6) is -0.837. The van der Waals surface area contributed by atoms with E-state index in [0.29, 0.717) is 19.3 Å². The summed E-state index contributed by atoms with van der Waals surface area (Å²) in [7, 11) is 0. The number of hydrogen-bond donors (Lipinski definition) is 2. The highest BCUT2D eigenvalue weighted by Gasteiger charge is 2.60. The maximum atomic E-state index is 11.9. The molecule has 2 aliphatic rings. The molecular weight excluding hydrogens is 210 g/mol. The average Bonchev–Trinajstić information content (AvgIpc) is 2.55. The van der Waals surface area contributed by atoms with Crippen LogP contribution in [-0.4, -0.2) is 29.3 Å². The minimum Gasteiger partial charge on any atom is -0.465 e. The van der Waals surface area contributed by atoms with Gasteiger partial charge in [0, 0.05) is 6.08 Å². The van der Waals surface area contributed by atoms with Gasteiger partial charge in [-0.25, -0.2) is 0 Å². The van der Waals surface area contributed by atoms with Crippen LogP contribution in [0.25, 0.3) is 0 Å². The summed E-state index contributed by atoms with van der Waals surface area (Å²) in [6.45, 7) is 1.98. The first-order valence-electron chi connectivity index (χ1n) is 5.45. The molecule has 2 rings (SSSR count). The highest BCUT2D eigenvalue weighted by atomic mass is 16.5. The van der Waals surface area contributed by atoms with Crippen molar-refractivity contribution in [1.29, 1.82) is 0 Å². The van der Waals surface area contributed by atoms with Gasteiger partial charge in [-0.2, -0.15) is 0 Å². The van der Waals surface area contributed by atoms with E-state index in [9.17, 15) is 14.7 Å². The van der Waals surface area contributed by atoms with E-state index in [4.69, 9.17) is 4.74 Å². The Labute approximate surface area is 93.5 Å². The molecule has 0 radical (unpaired) electrons. The van der Waals surface area contributed by atoms with Gasteiger partial charge in [-0.3, -0.25) is 9.59 Å². The Bertz CT molecular complexity index is 365. The summed E-state index contributed by atoms with van der Waals surface area (Å²) >= 11 is 0. The maximum Gasteiger partial charge on any atom is 0.320 e. The number of hydrogen-bond acceptors (Lipinski definition) is 4. The molecule has 1 fully saturated rings. The van der Waals surface area contributed by atoms with Gasteiger partial charge in [0.1, 0.15) is 5.41 Å². The lowest BCUT2D eigenvalue weighted by atomic mass is 9.77. The van der Waals surface area contributed by atoms with Crippen LogP contribution < -0.4 is 5.32 Å². The zero-order valence-electron chi connectivity index (χ0n) is 9.16. The normalized spacial score (nSPS) is 36.8. The zero-order valence-corrected chi connectivity index (χ0v) is 9.16. The monoisotopic (exact) mass is 225 g/mol. The molecule has 0 aromatic carbocycles. The molecule has 2 atom stereocenters. The van der Waals surface area contributed by atoms with Crippen molar-refractivity contribution in [1.82, 2.24) is 5.32 Å². The Morgan fingerprint density at radius 1 is 1.62 bits per heavy atom. The first-order chi connectivity index (χ1) is 7.54. The van der Waals surface area contributed by atoms with Gasteiger partial charge < -0.3 is 15.2 Å². The standard InChI is InChI=1S/C11H15NO4/c1-2-16-9(14)10-5-3-6-11(10,15)12-8(13)4-7-10/h4,7,15H,2-3,5-6H2,1H3,(H,12,13)/t10-,11+/m1/s1. The second-order valence-electron chi connectivity index (χ2n) is 4.23. The molecule has 1 saturated carbocycles. The maximum absolute atomic E-state index is 11.9. The molecule has 16 heavy (non-hydrogen) atoms. The molecule has 88 valence electrons. The fourth-order valence-electron chi connectivity index (χ4n) is 2.51. The zero-order chi connectivity index (χ0) is 11.8. The van der Waals surface area contributed by atoms with Crippen molar-refractivity contribution in [2.24, 2.45) is 5.41 Å². The van der Waals surface area contributed by atoms with Crippen LogP contribution >= 0.6 is 0 Å². The summed E-state index contributed by atoms with van der Waals surface area (Å²) in [6, 6.07) is 0. The van der Waals surface area contributed by atoms with Crippen molar-refractivity contribution >= 4 is 11.9 Å². The van der Waals surface area contributed by atoms with Crippen molar-refractivity contribution in [3.63, 3.8) is 0 Å². The van der Waals surface area contributed by atoms with Gasteiger partial charge in [0.15, 0.2) is 5.72 Å². The van der Waals surface area contributed by atoms with E-state index in [0.717, 1.165) is 0 Å². The largest absolute Gasteiger partial charge is 0.465 e. The van der Waals surface area contributed by atoms with Crippen molar-refractivity contribution in [2.75, 3.05) is 6.61 Å². The van der Waals surface area contributed by atoms with Gasteiger partial charge in [0.2, 0.25) is 5.91 Å². The van der Waals surface area contributed by atoms with E-state index in [-0.39, 0.29) is 12.5 Å².